The van der Waals surface area contributed by atoms with E-state index in [4.69, 9.17) is 28.9 Å². The Bertz CT molecular complexity index is 686. The third-order valence-electron chi connectivity index (χ3n) is 3.40. The van der Waals surface area contributed by atoms with Crippen LogP contribution in [0.1, 0.15) is 34.5 Å². The smallest absolute Gasteiger partial charge is 0.249 e. The van der Waals surface area contributed by atoms with Gasteiger partial charge in [0.2, 0.25) is 5.91 Å². The predicted molar refractivity (Wildman–Crippen MR) is 88.2 cm³/mol. The number of halogens is 2. The van der Waals surface area contributed by atoms with Gasteiger partial charge in [0.25, 0.3) is 0 Å². The molecule has 0 aliphatic heterocycles. The largest absolute Gasteiger partial charge is 0.378 e. The van der Waals surface area contributed by atoms with E-state index >= 15 is 0 Å². The van der Waals surface area contributed by atoms with Crippen LogP contribution >= 0.6 is 23.2 Å². The summed E-state index contributed by atoms with van der Waals surface area (Å²) >= 11 is 12.1. The summed E-state index contributed by atoms with van der Waals surface area (Å²) in [5.41, 5.74) is 8.48. The van der Waals surface area contributed by atoms with Crippen LogP contribution < -0.4 is 11.1 Å². The average Bonchev–Trinajstić information content (AvgIpc) is 2.40. The van der Waals surface area contributed by atoms with E-state index in [0.29, 0.717) is 15.6 Å². The van der Waals surface area contributed by atoms with Gasteiger partial charge in [0.05, 0.1) is 6.04 Å². The summed E-state index contributed by atoms with van der Waals surface area (Å²) in [5.74, 6) is -0.437. The van der Waals surface area contributed by atoms with E-state index in [0.717, 1.165) is 16.8 Å². The molecule has 0 saturated heterocycles. The second kappa shape index (κ2) is 6.37. The minimum atomic E-state index is -0.437. The number of hydrogen-bond donors (Lipinski definition) is 2. The van der Waals surface area contributed by atoms with Gasteiger partial charge in [-0.25, -0.2) is 0 Å². The molecule has 0 aliphatic carbocycles. The van der Waals surface area contributed by atoms with Crippen molar-refractivity contribution in [1.29, 1.82) is 0 Å². The number of nitrogens with two attached hydrogens (primary N) is 1. The van der Waals surface area contributed by atoms with Crippen molar-refractivity contribution in [2.75, 3.05) is 5.32 Å². The average molecular weight is 323 g/mol. The topological polar surface area (TPSA) is 55.1 Å². The van der Waals surface area contributed by atoms with Gasteiger partial charge in [0, 0.05) is 21.3 Å². The number of amides is 1. The fourth-order valence-electron chi connectivity index (χ4n) is 2.22. The van der Waals surface area contributed by atoms with Crippen molar-refractivity contribution in [2.24, 2.45) is 5.73 Å². The van der Waals surface area contributed by atoms with Crippen LogP contribution in [-0.2, 0) is 0 Å². The minimum Gasteiger partial charge on any atom is -0.378 e. The van der Waals surface area contributed by atoms with Crippen LogP contribution in [0.5, 0.6) is 0 Å². The Morgan fingerprint density at radius 1 is 1.24 bits per heavy atom. The molecule has 1 unspecified atom stereocenters. The molecule has 21 heavy (non-hydrogen) atoms. The summed E-state index contributed by atoms with van der Waals surface area (Å²) in [7, 11) is 0. The molecule has 5 heteroatoms. The third-order valence-corrected chi connectivity index (χ3v) is 3.96. The molecule has 0 aromatic heterocycles. The maximum absolute atomic E-state index is 11.4. The Balaban J connectivity index is 2.29. The fraction of sp³-hybridized carbons (Fsp3) is 0.188. The maximum atomic E-state index is 11.4. The molecule has 3 nitrogen and oxygen atoms in total. The van der Waals surface area contributed by atoms with Crippen molar-refractivity contribution >= 4 is 34.8 Å². The van der Waals surface area contributed by atoms with Crippen LogP contribution in [0.15, 0.2) is 36.4 Å². The molecule has 110 valence electrons. The highest BCUT2D eigenvalue weighted by molar-refractivity contribution is 6.35. The summed E-state index contributed by atoms with van der Waals surface area (Å²) in [6.45, 7) is 3.85. The van der Waals surface area contributed by atoms with Gasteiger partial charge >= 0.3 is 0 Å². The molecule has 2 rings (SSSR count). The Morgan fingerprint density at radius 2 is 1.95 bits per heavy atom. The summed E-state index contributed by atoms with van der Waals surface area (Å²) in [4.78, 5) is 11.4. The molecule has 3 N–H and O–H groups in total. The summed E-state index contributed by atoms with van der Waals surface area (Å²) in [5, 5.41) is 4.55. The second-order valence-electron chi connectivity index (χ2n) is 4.87. The number of carbonyl (C=O) groups excluding carboxylic acids is 1. The van der Waals surface area contributed by atoms with Crippen molar-refractivity contribution in [2.45, 2.75) is 19.9 Å². The monoisotopic (exact) mass is 322 g/mol. The van der Waals surface area contributed by atoms with Gasteiger partial charge < -0.3 is 11.1 Å². The third kappa shape index (κ3) is 3.49. The van der Waals surface area contributed by atoms with E-state index in [1.807, 2.05) is 26.0 Å². The molecule has 0 aliphatic rings. The first-order valence-corrected chi connectivity index (χ1v) is 7.26. The van der Waals surface area contributed by atoms with E-state index in [9.17, 15) is 4.79 Å². The fourth-order valence-corrected chi connectivity index (χ4v) is 2.79. The molecule has 1 amide bonds. The Morgan fingerprint density at radius 3 is 2.57 bits per heavy atom. The van der Waals surface area contributed by atoms with Crippen molar-refractivity contribution < 1.29 is 4.79 Å². The first kappa shape index (κ1) is 15.7. The first-order chi connectivity index (χ1) is 9.90. The van der Waals surface area contributed by atoms with Gasteiger partial charge in [-0.15, -0.1) is 0 Å². The normalized spacial score (nSPS) is 12.0. The Hall–Kier alpha value is -1.71. The van der Waals surface area contributed by atoms with Gasteiger partial charge in [-0.05, 0) is 49.2 Å². The molecule has 0 radical (unpaired) electrons. The lowest BCUT2D eigenvalue weighted by Gasteiger charge is -2.19. The second-order valence-corrected chi connectivity index (χ2v) is 5.72. The molecule has 2 aromatic carbocycles. The predicted octanol–water partition coefficient (Wildman–Crippen LogP) is 4.57. The first-order valence-electron chi connectivity index (χ1n) is 6.51. The van der Waals surface area contributed by atoms with Gasteiger partial charge in [-0.1, -0.05) is 35.3 Å². The zero-order valence-corrected chi connectivity index (χ0v) is 13.3. The molecular formula is C16H16Cl2N2O. The van der Waals surface area contributed by atoms with Crippen LogP contribution in [0.2, 0.25) is 10.0 Å². The number of benzene rings is 2. The van der Waals surface area contributed by atoms with Crippen LogP contribution in [0.4, 0.5) is 5.69 Å². The number of anilines is 1. The number of hydrogen-bond acceptors (Lipinski definition) is 2. The number of nitrogens with one attached hydrogen (secondary N) is 1. The van der Waals surface area contributed by atoms with Gasteiger partial charge in [-0.3, -0.25) is 4.79 Å². The SMILES string of the molecule is Cc1c(NC(C)c2ccc(Cl)cc2Cl)cccc1C(N)=O. The van der Waals surface area contributed by atoms with Crippen LogP contribution in [0.25, 0.3) is 0 Å². The maximum Gasteiger partial charge on any atom is 0.249 e. The lowest BCUT2D eigenvalue weighted by atomic mass is 10.0. The zero-order chi connectivity index (χ0) is 15.6. The summed E-state index contributed by atoms with van der Waals surface area (Å²) in [6.07, 6.45) is 0. The molecule has 0 heterocycles. The molecule has 0 saturated carbocycles. The van der Waals surface area contributed by atoms with Crippen molar-refractivity contribution in [1.82, 2.24) is 0 Å². The van der Waals surface area contributed by atoms with Gasteiger partial charge in [0.1, 0.15) is 0 Å². The summed E-state index contributed by atoms with van der Waals surface area (Å²) in [6, 6.07) is 10.8. The lowest BCUT2D eigenvalue weighted by Crippen LogP contribution is -2.15. The number of rotatable bonds is 4. The molecule has 0 fully saturated rings. The van der Waals surface area contributed by atoms with Gasteiger partial charge in [0.15, 0.2) is 0 Å². The van der Waals surface area contributed by atoms with E-state index < -0.39 is 5.91 Å². The molecule has 0 bridgehead atoms. The lowest BCUT2D eigenvalue weighted by molar-refractivity contribution is 0.1000. The Labute approximate surface area is 134 Å². The van der Waals surface area contributed by atoms with E-state index in [2.05, 4.69) is 5.32 Å². The minimum absolute atomic E-state index is 0.0309. The molecular weight excluding hydrogens is 307 g/mol. The van der Waals surface area contributed by atoms with E-state index in [-0.39, 0.29) is 6.04 Å². The highest BCUT2D eigenvalue weighted by Crippen LogP contribution is 2.30. The van der Waals surface area contributed by atoms with Gasteiger partial charge in [-0.2, -0.15) is 0 Å². The summed E-state index contributed by atoms with van der Waals surface area (Å²) < 4.78 is 0. The number of carbonyl (C=O) groups is 1. The highest BCUT2D eigenvalue weighted by Gasteiger charge is 2.13. The van der Waals surface area contributed by atoms with Crippen LogP contribution in [-0.4, -0.2) is 5.91 Å². The van der Waals surface area contributed by atoms with Crippen LogP contribution in [0.3, 0.4) is 0 Å². The standard InChI is InChI=1S/C16H16Cl2N2O/c1-9-12(16(19)21)4-3-5-15(9)20-10(2)13-7-6-11(17)8-14(13)18/h3-8,10,20H,1-2H3,(H2,19,21). The number of primary amides is 1. The van der Waals surface area contributed by atoms with E-state index in [1.54, 1.807) is 24.3 Å². The molecule has 2 aromatic rings. The van der Waals surface area contributed by atoms with Crippen molar-refractivity contribution in [3.63, 3.8) is 0 Å². The van der Waals surface area contributed by atoms with Crippen molar-refractivity contribution in [3.8, 4) is 0 Å². The van der Waals surface area contributed by atoms with E-state index in [1.165, 1.54) is 0 Å². The molecule has 0 spiro atoms. The Kier molecular flexibility index (Phi) is 4.76. The highest BCUT2D eigenvalue weighted by atomic mass is 35.5. The molecule has 1 atom stereocenters. The quantitative estimate of drug-likeness (QED) is 0.866. The van der Waals surface area contributed by atoms with Crippen LogP contribution in [0, 0.1) is 6.92 Å². The van der Waals surface area contributed by atoms with Crippen molar-refractivity contribution in [3.05, 3.63) is 63.1 Å². The zero-order valence-electron chi connectivity index (χ0n) is 11.8.